The highest BCUT2D eigenvalue weighted by Gasteiger charge is 2.20. The number of amides is 1. The van der Waals surface area contributed by atoms with Crippen LogP contribution in [-0.4, -0.2) is 56.3 Å². The first-order chi connectivity index (χ1) is 13.7. The highest BCUT2D eigenvalue weighted by molar-refractivity contribution is 5.94. The standard InChI is InChI=1S/C21H25FN4O2/c22-17-3-5-18(6-4-17)25-9-11-26(12-10-25)20-14-16(7-8-23-20)21(27)24-15-19-2-1-13-28-19/h3-8,14,19H,1-2,9-13,15H2,(H,24,27). The Morgan fingerprint density at radius 2 is 1.89 bits per heavy atom. The number of nitrogens with one attached hydrogen (secondary N) is 1. The smallest absolute Gasteiger partial charge is 0.251 e. The van der Waals surface area contributed by atoms with Gasteiger partial charge in [0.25, 0.3) is 5.91 Å². The molecule has 1 aromatic carbocycles. The Bertz CT molecular complexity index is 800. The van der Waals surface area contributed by atoms with Gasteiger partial charge in [-0.2, -0.15) is 0 Å². The van der Waals surface area contributed by atoms with E-state index in [1.807, 2.05) is 18.2 Å². The Hall–Kier alpha value is -2.67. The van der Waals surface area contributed by atoms with Crippen molar-refractivity contribution in [2.75, 3.05) is 49.1 Å². The molecule has 1 atom stereocenters. The maximum absolute atomic E-state index is 13.1. The summed E-state index contributed by atoms with van der Waals surface area (Å²) in [6.07, 6.45) is 3.87. The van der Waals surface area contributed by atoms with E-state index in [-0.39, 0.29) is 17.8 Å². The van der Waals surface area contributed by atoms with Gasteiger partial charge in [-0.3, -0.25) is 4.79 Å². The number of benzene rings is 1. The van der Waals surface area contributed by atoms with Crippen LogP contribution >= 0.6 is 0 Å². The van der Waals surface area contributed by atoms with Crippen LogP contribution in [0.4, 0.5) is 15.9 Å². The number of pyridine rings is 1. The maximum atomic E-state index is 13.1. The summed E-state index contributed by atoms with van der Waals surface area (Å²) in [7, 11) is 0. The minimum atomic E-state index is -0.221. The Kier molecular flexibility index (Phi) is 5.71. The van der Waals surface area contributed by atoms with Crippen LogP contribution in [0.25, 0.3) is 0 Å². The van der Waals surface area contributed by atoms with Crippen molar-refractivity contribution in [1.29, 1.82) is 0 Å². The third kappa shape index (κ3) is 4.42. The third-order valence-electron chi connectivity index (χ3n) is 5.32. The summed E-state index contributed by atoms with van der Waals surface area (Å²) in [4.78, 5) is 21.3. The van der Waals surface area contributed by atoms with Crippen molar-refractivity contribution in [2.45, 2.75) is 18.9 Å². The highest BCUT2D eigenvalue weighted by Crippen LogP contribution is 2.20. The van der Waals surface area contributed by atoms with Crippen molar-refractivity contribution < 1.29 is 13.9 Å². The first-order valence-corrected chi connectivity index (χ1v) is 9.80. The molecular weight excluding hydrogens is 359 g/mol. The number of carbonyl (C=O) groups is 1. The monoisotopic (exact) mass is 384 g/mol. The first kappa shape index (κ1) is 18.7. The topological polar surface area (TPSA) is 57.7 Å². The van der Waals surface area contributed by atoms with Crippen molar-refractivity contribution in [3.63, 3.8) is 0 Å². The van der Waals surface area contributed by atoms with Crippen LogP contribution in [0.5, 0.6) is 0 Å². The molecule has 1 N–H and O–H groups in total. The number of hydrogen-bond acceptors (Lipinski definition) is 5. The summed E-state index contributed by atoms with van der Waals surface area (Å²) in [5.74, 6) is 0.494. The quantitative estimate of drug-likeness (QED) is 0.858. The lowest BCUT2D eigenvalue weighted by Crippen LogP contribution is -2.46. The lowest BCUT2D eigenvalue weighted by Gasteiger charge is -2.36. The van der Waals surface area contributed by atoms with Crippen molar-refractivity contribution >= 4 is 17.4 Å². The predicted octanol–water partition coefficient (Wildman–Crippen LogP) is 2.46. The van der Waals surface area contributed by atoms with E-state index in [1.54, 1.807) is 12.3 Å². The lowest BCUT2D eigenvalue weighted by atomic mass is 10.2. The molecule has 7 heteroatoms. The normalized spacial score (nSPS) is 19.7. The van der Waals surface area contributed by atoms with Gasteiger partial charge in [0.2, 0.25) is 0 Å². The molecule has 1 aromatic heterocycles. The fourth-order valence-corrected chi connectivity index (χ4v) is 3.69. The molecule has 2 aromatic rings. The molecule has 2 aliphatic rings. The van der Waals surface area contributed by atoms with Crippen LogP contribution in [0.15, 0.2) is 42.6 Å². The zero-order valence-corrected chi connectivity index (χ0v) is 15.8. The number of nitrogens with zero attached hydrogens (tertiary/aromatic N) is 3. The molecule has 2 aliphatic heterocycles. The number of halogens is 1. The molecule has 148 valence electrons. The number of ether oxygens (including phenoxy) is 1. The van der Waals surface area contributed by atoms with E-state index in [9.17, 15) is 9.18 Å². The number of rotatable bonds is 5. The zero-order chi connectivity index (χ0) is 19.3. The second kappa shape index (κ2) is 8.56. The van der Waals surface area contributed by atoms with E-state index in [1.165, 1.54) is 12.1 Å². The van der Waals surface area contributed by atoms with Gasteiger partial charge in [-0.05, 0) is 49.2 Å². The van der Waals surface area contributed by atoms with Gasteiger partial charge in [0, 0.05) is 56.8 Å². The molecular formula is C21H25FN4O2. The average Bonchev–Trinajstić information content (AvgIpc) is 3.26. The van der Waals surface area contributed by atoms with Gasteiger partial charge < -0.3 is 19.9 Å². The summed E-state index contributed by atoms with van der Waals surface area (Å²) in [6, 6.07) is 10.2. The number of carbonyl (C=O) groups excluding carboxylic acids is 1. The van der Waals surface area contributed by atoms with Gasteiger partial charge >= 0.3 is 0 Å². The zero-order valence-electron chi connectivity index (χ0n) is 15.8. The van der Waals surface area contributed by atoms with Gasteiger partial charge in [0.05, 0.1) is 6.10 Å². The fraction of sp³-hybridized carbons (Fsp3) is 0.429. The third-order valence-corrected chi connectivity index (χ3v) is 5.32. The minimum Gasteiger partial charge on any atom is -0.376 e. The molecule has 2 fully saturated rings. The molecule has 0 spiro atoms. The SMILES string of the molecule is O=C(NCC1CCCO1)c1ccnc(N2CCN(c3ccc(F)cc3)CC2)c1. The molecule has 4 rings (SSSR count). The molecule has 1 amide bonds. The van der Waals surface area contributed by atoms with Crippen molar-refractivity contribution in [1.82, 2.24) is 10.3 Å². The molecule has 1 unspecified atom stereocenters. The Balaban J connectivity index is 1.34. The highest BCUT2D eigenvalue weighted by atomic mass is 19.1. The van der Waals surface area contributed by atoms with Crippen LogP contribution in [0.1, 0.15) is 23.2 Å². The molecule has 2 saturated heterocycles. The summed E-state index contributed by atoms with van der Waals surface area (Å²) < 4.78 is 18.7. The van der Waals surface area contributed by atoms with Crippen LogP contribution in [0, 0.1) is 5.82 Å². The van der Waals surface area contributed by atoms with Gasteiger partial charge in [-0.1, -0.05) is 0 Å². The van der Waals surface area contributed by atoms with Crippen molar-refractivity contribution in [3.05, 3.63) is 54.0 Å². The summed E-state index contributed by atoms with van der Waals surface area (Å²) in [5.41, 5.74) is 1.64. The summed E-state index contributed by atoms with van der Waals surface area (Å²) >= 11 is 0. The molecule has 6 nitrogen and oxygen atoms in total. The molecule has 3 heterocycles. The Morgan fingerprint density at radius 1 is 1.14 bits per heavy atom. The first-order valence-electron chi connectivity index (χ1n) is 9.80. The van der Waals surface area contributed by atoms with E-state index in [2.05, 4.69) is 20.1 Å². The van der Waals surface area contributed by atoms with Crippen LogP contribution in [0.3, 0.4) is 0 Å². The number of piperazine rings is 1. The fourth-order valence-electron chi connectivity index (χ4n) is 3.69. The average molecular weight is 384 g/mol. The second-order valence-electron chi connectivity index (χ2n) is 7.20. The largest absolute Gasteiger partial charge is 0.376 e. The Morgan fingerprint density at radius 3 is 2.61 bits per heavy atom. The van der Waals surface area contributed by atoms with Crippen LogP contribution in [-0.2, 0) is 4.74 Å². The van der Waals surface area contributed by atoms with E-state index in [4.69, 9.17) is 4.74 Å². The molecule has 0 aliphatic carbocycles. The molecule has 0 radical (unpaired) electrons. The van der Waals surface area contributed by atoms with Gasteiger partial charge in [0.1, 0.15) is 11.6 Å². The van der Waals surface area contributed by atoms with Crippen molar-refractivity contribution in [3.8, 4) is 0 Å². The minimum absolute atomic E-state index is 0.0934. The van der Waals surface area contributed by atoms with E-state index < -0.39 is 0 Å². The number of aromatic nitrogens is 1. The predicted molar refractivity (Wildman–Crippen MR) is 106 cm³/mol. The molecule has 0 bridgehead atoms. The second-order valence-corrected chi connectivity index (χ2v) is 7.20. The van der Waals surface area contributed by atoms with Crippen LogP contribution < -0.4 is 15.1 Å². The summed E-state index contributed by atoms with van der Waals surface area (Å²) in [6.45, 7) is 4.57. The molecule has 0 saturated carbocycles. The lowest BCUT2D eigenvalue weighted by molar-refractivity contribution is 0.0857. The Labute approximate surface area is 164 Å². The van der Waals surface area contributed by atoms with Gasteiger partial charge in [0.15, 0.2) is 0 Å². The maximum Gasteiger partial charge on any atom is 0.251 e. The van der Waals surface area contributed by atoms with Crippen LogP contribution in [0.2, 0.25) is 0 Å². The summed E-state index contributed by atoms with van der Waals surface area (Å²) in [5, 5.41) is 2.96. The van der Waals surface area contributed by atoms with Crippen molar-refractivity contribution in [2.24, 2.45) is 0 Å². The van der Waals surface area contributed by atoms with Gasteiger partial charge in [-0.25, -0.2) is 9.37 Å². The van der Waals surface area contributed by atoms with E-state index >= 15 is 0 Å². The number of anilines is 2. The number of hydrogen-bond donors (Lipinski definition) is 1. The van der Waals surface area contributed by atoms with E-state index in [0.717, 1.165) is 57.1 Å². The molecule has 28 heavy (non-hydrogen) atoms. The van der Waals surface area contributed by atoms with E-state index in [0.29, 0.717) is 12.1 Å². The van der Waals surface area contributed by atoms with Gasteiger partial charge in [-0.15, -0.1) is 0 Å².